The van der Waals surface area contributed by atoms with E-state index in [1.54, 1.807) is 20.4 Å². The lowest BCUT2D eigenvalue weighted by atomic mass is 10.2. The highest BCUT2D eigenvalue weighted by Gasteiger charge is 2.10. The number of amidine groups is 1. The third-order valence-corrected chi connectivity index (χ3v) is 5.09. The zero-order valence-electron chi connectivity index (χ0n) is 20.2. The molecular weight excluding hydrogens is 440 g/mol. The van der Waals surface area contributed by atoms with Gasteiger partial charge >= 0.3 is 0 Å². The summed E-state index contributed by atoms with van der Waals surface area (Å²) in [5.41, 5.74) is 6.10. The van der Waals surface area contributed by atoms with E-state index in [9.17, 15) is 0 Å². The Morgan fingerprint density at radius 1 is 0.857 bits per heavy atom. The second-order valence-electron chi connectivity index (χ2n) is 7.97. The van der Waals surface area contributed by atoms with Crippen LogP contribution in [0, 0.1) is 0 Å². The molecule has 1 heterocycles. The van der Waals surface area contributed by atoms with E-state index in [4.69, 9.17) is 24.2 Å². The Balaban J connectivity index is 1.66. The Hall–Kier alpha value is -4.39. The number of aliphatic imine (C=N–C) groups is 1. The van der Waals surface area contributed by atoms with Crippen LogP contribution in [0.15, 0.2) is 89.0 Å². The van der Waals surface area contributed by atoms with Crippen LogP contribution in [0.4, 0.5) is 5.69 Å². The van der Waals surface area contributed by atoms with Gasteiger partial charge in [0.25, 0.3) is 0 Å². The Morgan fingerprint density at radius 3 is 2.43 bits per heavy atom. The SMILES string of the molecule is COc1ccccc1N=C(N/N=C/c1ccc(OC(C)C)c(OC)c1)c1ccc2ccccc2n1. The summed E-state index contributed by atoms with van der Waals surface area (Å²) < 4.78 is 16.7. The fraction of sp³-hybridized carbons (Fsp3) is 0.179. The molecular formula is C28H28N4O3. The van der Waals surface area contributed by atoms with Crippen LogP contribution >= 0.6 is 0 Å². The lowest BCUT2D eigenvalue weighted by molar-refractivity contribution is 0.230. The van der Waals surface area contributed by atoms with Gasteiger partial charge in [-0.25, -0.2) is 9.98 Å². The second kappa shape index (κ2) is 11.2. The molecule has 178 valence electrons. The van der Waals surface area contributed by atoms with Crippen molar-refractivity contribution in [3.8, 4) is 17.2 Å². The van der Waals surface area contributed by atoms with Gasteiger partial charge in [-0.2, -0.15) is 5.10 Å². The molecule has 0 aliphatic heterocycles. The minimum atomic E-state index is 0.0493. The predicted molar refractivity (Wildman–Crippen MR) is 140 cm³/mol. The molecule has 0 atom stereocenters. The summed E-state index contributed by atoms with van der Waals surface area (Å²) >= 11 is 0. The van der Waals surface area contributed by atoms with Crippen molar-refractivity contribution in [2.75, 3.05) is 14.2 Å². The molecule has 1 aromatic heterocycles. The Bertz CT molecular complexity index is 1370. The molecule has 0 spiro atoms. The number of aromatic nitrogens is 1. The number of nitrogens with zero attached hydrogens (tertiary/aromatic N) is 3. The minimum Gasteiger partial charge on any atom is -0.494 e. The highest BCUT2D eigenvalue weighted by Crippen LogP contribution is 2.29. The smallest absolute Gasteiger partial charge is 0.173 e. The van der Waals surface area contributed by atoms with E-state index in [0.29, 0.717) is 34.5 Å². The monoisotopic (exact) mass is 468 g/mol. The largest absolute Gasteiger partial charge is 0.494 e. The molecule has 0 amide bonds. The van der Waals surface area contributed by atoms with Gasteiger partial charge in [0.05, 0.1) is 32.1 Å². The number of hydrogen-bond donors (Lipinski definition) is 1. The molecule has 7 nitrogen and oxygen atoms in total. The van der Waals surface area contributed by atoms with E-state index in [0.717, 1.165) is 16.5 Å². The molecule has 0 fully saturated rings. The van der Waals surface area contributed by atoms with Crippen molar-refractivity contribution >= 4 is 28.6 Å². The van der Waals surface area contributed by atoms with Crippen molar-refractivity contribution in [3.05, 3.63) is 90.1 Å². The molecule has 0 aliphatic carbocycles. The third kappa shape index (κ3) is 5.95. The molecule has 1 N–H and O–H groups in total. The number of ether oxygens (including phenoxy) is 3. The van der Waals surface area contributed by atoms with Crippen molar-refractivity contribution in [2.24, 2.45) is 10.1 Å². The molecule has 7 heteroatoms. The van der Waals surface area contributed by atoms with Gasteiger partial charge in [-0.3, -0.25) is 5.43 Å². The third-order valence-electron chi connectivity index (χ3n) is 5.09. The molecule has 0 bridgehead atoms. The van der Waals surface area contributed by atoms with Crippen molar-refractivity contribution in [1.29, 1.82) is 0 Å². The molecule has 4 rings (SSSR count). The van der Waals surface area contributed by atoms with Gasteiger partial charge in [0.15, 0.2) is 17.3 Å². The maximum Gasteiger partial charge on any atom is 0.173 e. The first-order valence-corrected chi connectivity index (χ1v) is 11.3. The Labute approximate surface area is 205 Å². The van der Waals surface area contributed by atoms with E-state index in [-0.39, 0.29) is 6.10 Å². The summed E-state index contributed by atoms with van der Waals surface area (Å²) in [5.74, 6) is 2.47. The summed E-state index contributed by atoms with van der Waals surface area (Å²) in [7, 11) is 3.24. The Kier molecular flexibility index (Phi) is 7.57. The second-order valence-corrected chi connectivity index (χ2v) is 7.97. The van der Waals surface area contributed by atoms with Crippen molar-refractivity contribution in [3.63, 3.8) is 0 Å². The van der Waals surface area contributed by atoms with Gasteiger partial charge < -0.3 is 14.2 Å². The van der Waals surface area contributed by atoms with Gasteiger partial charge in [0, 0.05) is 5.39 Å². The summed E-state index contributed by atoms with van der Waals surface area (Å²) in [6.07, 6.45) is 1.74. The molecule has 4 aromatic rings. The summed E-state index contributed by atoms with van der Waals surface area (Å²) in [6.45, 7) is 3.95. The average molecular weight is 469 g/mol. The van der Waals surface area contributed by atoms with Crippen LogP contribution in [0.1, 0.15) is 25.1 Å². The lowest BCUT2D eigenvalue weighted by Gasteiger charge is -2.13. The maximum atomic E-state index is 5.79. The first kappa shape index (κ1) is 23.8. The highest BCUT2D eigenvalue weighted by molar-refractivity contribution is 6.01. The fourth-order valence-electron chi connectivity index (χ4n) is 3.46. The van der Waals surface area contributed by atoms with Crippen LogP contribution in [-0.2, 0) is 0 Å². The molecule has 0 unspecified atom stereocenters. The summed E-state index contributed by atoms with van der Waals surface area (Å²) in [5, 5.41) is 5.48. The van der Waals surface area contributed by atoms with Crippen LogP contribution < -0.4 is 19.6 Å². The van der Waals surface area contributed by atoms with Gasteiger partial charge in [-0.15, -0.1) is 0 Å². The lowest BCUT2D eigenvalue weighted by Crippen LogP contribution is -2.20. The number of benzene rings is 3. The van der Waals surface area contributed by atoms with Crippen LogP contribution in [0.2, 0.25) is 0 Å². The van der Waals surface area contributed by atoms with Crippen molar-refractivity contribution in [2.45, 2.75) is 20.0 Å². The van der Waals surface area contributed by atoms with E-state index in [2.05, 4.69) is 10.5 Å². The van der Waals surface area contributed by atoms with Gasteiger partial charge in [-0.1, -0.05) is 36.4 Å². The zero-order valence-corrected chi connectivity index (χ0v) is 20.2. The summed E-state index contributed by atoms with van der Waals surface area (Å²) in [4.78, 5) is 9.55. The average Bonchev–Trinajstić information content (AvgIpc) is 2.88. The van der Waals surface area contributed by atoms with Crippen molar-refractivity contribution < 1.29 is 14.2 Å². The molecule has 0 radical (unpaired) electrons. The molecule has 0 saturated carbocycles. The number of para-hydroxylation sites is 3. The molecule has 0 saturated heterocycles. The van der Waals surface area contributed by atoms with Crippen LogP contribution in [0.5, 0.6) is 17.2 Å². The number of fused-ring (bicyclic) bond motifs is 1. The number of nitrogens with one attached hydrogen (secondary N) is 1. The highest BCUT2D eigenvalue weighted by atomic mass is 16.5. The van der Waals surface area contributed by atoms with Gasteiger partial charge in [0.2, 0.25) is 0 Å². The van der Waals surface area contributed by atoms with E-state index in [1.807, 2.05) is 92.7 Å². The minimum absolute atomic E-state index is 0.0493. The fourth-order valence-corrected chi connectivity index (χ4v) is 3.46. The quantitative estimate of drug-likeness (QED) is 0.203. The number of pyridine rings is 1. The topological polar surface area (TPSA) is 77.3 Å². The number of rotatable bonds is 8. The zero-order chi connectivity index (χ0) is 24.6. The van der Waals surface area contributed by atoms with Crippen LogP contribution in [0.3, 0.4) is 0 Å². The van der Waals surface area contributed by atoms with Crippen molar-refractivity contribution in [1.82, 2.24) is 10.4 Å². The standard InChI is InChI=1S/C28H28N4O3/c1-19(2)35-26-16-13-20(17-27(26)34-4)18-29-32-28(31-23-11-7-8-12-25(23)33-3)24-15-14-21-9-5-6-10-22(21)30-24/h5-19H,1-4H3,(H,31,32)/b29-18+. The first-order chi connectivity index (χ1) is 17.1. The molecule has 0 aliphatic rings. The molecule has 3 aromatic carbocycles. The van der Waals surface area contributed by atoms with E-state index < -0.39 is 0 Å². The number of hydrogen-bond acceptors (Lipinski definition) is 6. The van der Waals surface area contributed by atoms with E-state index >= 15 is 0 Å². The number of hydrazone groups is 1. The van der Waals surface area contributed by atoms with Crippen LogP contribution in [-0.4, -0.2) is 37.4 Å². The first-order valence-electron chi connectivity index (χ1n) is 11.3. The maximum absolute atomic E-state index is 5.79. The molecule has 35 heavy (non-hydrogen) atoms. The van der Waals surface area contributed by atoms with E-state index in [1.165, 1.54) is 0 Å². The van der Waals surface area contributed by atoms with Crippen LogP contribution in [0.25, 0.3) is 10.9 Å². The Morgan fingerprint density at radius 2 is 1.63 bits per heavy atom. The number of methoxy groups -OCH3 is 2. The summed E-state index contributed by atoms with van der Waals surface area (Å²) in [6, 6.07) is 25.1. The van der Waals surface area contributed by atoms with Gasteiger partial charge in [-0.05, 0) is 61.9 Å². The van der Waals surface area contributed by atoms with Gasteiger partial charge in [0.1, 0.15) is 17.1 Å². The normalized spacial score (nSPS) is 11.7. The predicted octanol–water partition coefficient (Wildman–Crippen LogP) is 5.74.